The fraction of sp³-hybridized carbons (Fsp3) is 0.300. The van der Waals surface area contributed by atoms with Crippen LogP contribution in [-0.4, -0.2) is 62.7 Å². The Labute approximate surface area is 182 Å². The highest BCUT2D eigenvalue weighted by Crippen LogP contribution is 2.41. The molecule has 0 aliphatic heterocycles. The lowest BCUT2D eigenvalue weighted by Crippen LogP contribution is -2.49. The van der Waals surface area contributed by atoms with E-state index in [-0.39, 0.29) is 27.8 Å². The highest BCUT2D eigenvalue weighted by Gasteiger charge is 2.38. The summed E-state index contributed by atoms with van der Waals surface area (Å²) in [6.45, 7) is -0.867. The highest BCUT2D eigenvalue weighted by atomic mass is 32.1. The molecule has 2 heterocycles. The Morgan fingerprint density at radius 2 is 1.88 bits per heavy atom. The van der Waals surface area contributed by atoms with Crippen LogP contribution in [0.25, 0.3) is 21.3 Å². The number of aromatic amines is 1. The summed E-state index contributed by atoms with van der Waals surface area (Å²) in [6, 6.07) is 4.95. The van der Waals surface area contributed by atoms with Crippen LogP contribution in [0.2, 0.25) is 0 Å². The van der Waals surface area contributed by atoms with Crippen molar-refractivity contribution in [2.24, 2.45) is 0 Å². The molecule has 8 nitrogen and oxygen atoms in total. The summed E-state index contributed by atoms with van der Waals surface area (Å²) < 4.78 is 41.7. The molecule has 6 N–H and O–H groups in total. The maximum atomic E-state index is 13.9. The lowest BCUT2D eigenvalue weighted by atomic mass is 10.00. The maximum absolute atomic E-state index is 13.9. The van der Waals surface area contributed by atoms with Gasteiger partial charge in [0.15, 0.2) is 0 Å². The van der Waals surface area contributed by atoms with Crippen LogP contribution in [0.3, 0.4) is 0 Å². The molecule has 2 aromatic heterocycles. The van der Waals surface area contributed by atoms with E-state index in [9.17, 15) is 38.1 Å². The van der Waals surface area contributed by atoms with Gasteiger partial charge in [-0.3, -0.25) is 4.79 Å². The van der Waals surface area contributed by atoms with E-state index in [0.717, 1.165) is 23.5 Å². The number of aromatic nitrogens is 1. The number of carbonyl (C=O) groups excluding carboxylic acids is 1. The number of H-pyrrole nitrogens is 1. The molecule has 172 valence electrons. The number of anilines is 1. The quantitative estimate of drug-likeness (QED) is 0.272. The molecular weight excluding hydrogens is 453 g/mol. The number of aliphatic hydroxyl groups excluding tert-OH is 4. The van der Waals surface area contributed by atoms with E-state index in [1.807, 2.05) is 0 Å². The van der Waals surface area contributed by atoms with Crippen LogP contribution >= 0.6 is 11.3 Å². The molecule has 0 amide bonds. The van der Waals surface area contributed by atoms with Gasteiger partial charge in [0.25, 0.3) is 5.56 Å². The molecule has 0 fully saturated rings. The fourth-order valence-corrected chi connectivity index (χ4v) is 4.05. The third-order valence-corrected chi connectivity index (χ3v) is 5.73. The number of aliphatic hydroxyl groups is 4. The third kappa shape index (κ3) is 4.69. The SMILES string of the molecule is O=C[C@@H](Nc1ccc2c(C(F)(F)F)c(-c3cccs3)c(=O)[nH]c2c1)[C@H](O)[C@@H](O)[C@@H](O)CO. The average Bonchev–Trinajstić information content (AvgIpc) is 3.28. The minimum absolute atomic E-state index is 0.0620. The number of hydrogen-bond acceptors (Lipinski definition) is 8. The molecule has 1 aromatic carbocycles. The second-order valence-electron chi connectivity index (χ2n) is 6.98. The first-order valence-electron chi connectivity index (χ1n) is 9.26. The molecule has 12 heteroatoms. The maximum Gasteiger partial charge on any atom is 0.417 e. The molecule has 0 bridgehead atoms. The number of hydrogen-bond donors (Lipinski definition) is 6. The first-order chi connectivity index (χ1) is 15.1. The molecule has 0 saturated carbocycles. The van der Waals surface area contributed by atoms with Crippen molar-refractivity contribution in [1.29, 1.82) is 0 Å². The van der Waals surface area contributed by atoms with Crippen LogP contribution in [0.1, 0.15) is 5.56 Å². The van der Waals surface area contributed by atoms with Gasteiger partial charge < -0.3 is 35.5 Å². The van der Waals surface area contributed by atoms with E-state index >= 15 is 0 Å². The van der Waals surface area contributed by atoms with E-state index in [2.05, 4.69) is 10.3 Å². The number of halogens is 3. The van der Waals surface area contributed by atoms with Gasteiger partial charge in [-0.05, 0) is 23.6 Å². The lowest BCUT2D eigenvalue weighted by Gasteiger charge is -2.27. The monoisotopic (exact) mass is 472 g/mol. The number of fused-ring (bicyclic) bond motifs is 1. The van der Waals surface area contributed by atoms with Gasteiger partial charge in [-0.2, -0.15) is 13.2 Å². The van der Waals surface area contributed by atoms with Crippen LogP contribution in [0, 0.1) is 0 Å². The van der Waals surface area contributed by atoms with Crippen molar-refractivity contribution in [3.63, 3.8) is 0 Å². The number of carbonyl (C=O) groups is 1. The van der Waals surface area contributed by atoms with Gasteiger partial charge in [-0.15, -0.1) is 11.3 Å². The Morgan fingerprint density at radius 3 is 2.44 bits per heavy atom. The fourth-order valence-electron chi connectivity index (χ4n) is 3.28. The van der Waals surface area contributed by atoms with Gasteiger partial charge in [-0.1, -0.05) is 12.1 Å². The first-order valence-corrected chi connectivity index (χ1v) is 10.1. The Balaban J connectivity index is 2.05. The zero-order valence-electron chi connectivity index (χ0n) is 16.2. The summed E-state index contributed by atoms with van der Waals surface area (Å²) in [5.74, 6) is 0. The summed E-state index contributed by atoms with van der Waals surface area (Å²) in [7, 11) is 0. The molecule has 3 aromatic rings. The Kier molecular flexibility index (Phi) is 7.00. The van der Waals surface area contributed by atoms with Crippen LogP contribution in [-0.2, 0) is 11.0 Å². The number of benzene rings is 1. The zero-order chi connectivity index (χ0) is 23.6. The van der Waals surface area contributed by atoms with Crippen LogP contribution in [0.4, 0.5) is 18.9 Å². The molecule has 32 heavy (non-hydrogen) atoms. The van der Waals surface area contributed by atoms with Gasteiger partial charge in [0.2, 0.25) is 0 Å². The van der Waals surface area contributed by atoms with E-state index < -0.39 is 53.8 Å². The van der Waals surface area contributed by atoms with Crippen molar-refractivity contribution in [3.05, 3.63) is 51.6 Å². The van der Waals surface area contributed by atoms with E-state index in [1.54, 1.807) is 5.38 Å². The number of thiophene rings is 1. The summed E-state index contributed by atoms with van der Waals surface area (Å²) in [6.07, 6.45) is -10.0. The van der Waals surface area contributed by atoms with Gasteiger partial charge in [0.05, 0.1) is 23.3 Å². The summed E-state index contributed by atoms with van der Waals surface area (Å²) in [5.41, 5.74) is -2.64. The lowest BCUT2D eigenvalue weighted by molar-refractivity contribution is -0.135. The van der Waals surface area contributed by atoms with Gasteiger partial charge in [0.1, 0.15) is 30.6 Å². The smallest absolute Gasteiger partial charge is 0.394 e. The average molecular weight is 472 g/mol. The second-order valence-corrected chi connectivity index (χ2v) is 7.92. The third-order valence-electron chi connectivity index (χ3n) is 4.84. The zero-order valence-corrected chi connectivity index (χ0v) is 17.0. The first kappa shape index (κ1) is 23.9. The van der Waals surface area contributed by atoms with Crippen molar-refractivity contribution < 1.29 is 38.4 Å². The summed E-state index contributed by atoms with van der Waals surface area (Å²) >= 11 is 0.993. The molecular formula is C20H19F3N2O6S. The minimum Gasteiger partial charge on any atom is -0.394 e. The Bertz CT molecular complexity index is 1150. The van der Waals surface area contributed by atoms with Crippen molar-refractivity contribution >= 4 is 34.2 Å². The van der Waals surface area contributed by atoms with Crippen LogP contribution in [0.15, 0.2) is 40.5 Å². The number of aldehydes is 1. The van der Waals surface area contributed by atoms with Gasteiger partial charge in [0, 0.05) is 16.0 Å². The normalized spacial score (nSPS) is 15.8. The molecule has 0 saturated heterocycles. The summed E-state index contributed by atoms with van der Waals surface area (Å²) in [4.78, 5) is 26.5. The van der Waals surface area contributed by atoms with Crippen molar-refractivity contribution in [3.8, 4) is 10.4 Å². The molecule has 0 aliphatic carbocycles. The van der Waals surface area contributed by atoms with Crippen molar-refractivity contribution in [2.45, 2.75) is 30.5 Å². The molecule has 3 rings (SSSR count). The molecule has 4 atom stereocenters. The number of alkyl halides is 3. The van der Waals surface area contributed by atoms with E-state index in [0.29, 0.717) is 0 Å². The Hall–Kier alpha value is -2.77. The van der Waals surface area contributed by atoms with Gasteiger partial charge >= 0.3 is 6.18 Å². The second kappa shape index (κ2) is 9.38. The van der Waals surface area contributed by atoms with Crippen LogP contribution in [0.5, 0.6) is 0 Å². The molecule has 0 radical (unpaired) electrons. The number of rotatable bonds is 8. The number of nitrogens with one attached hydrogen (secondary N) is 2. The van der Waals surface area contributed by atoms with E-state index in [1.165, 1.54) is 18.2 Å². The molecule has 0 unspecified atom stereocenters. The summed E-state index contributed by atoms with van der Waals surface area (Å²) in [5, 5.41) is 42.0. The topological polar surface area (TPSA) is 143 Å². The Morgan fingerprint density at radius 1 is 1.16 bits per heavy atom. The van der Waals surface area contributed by atoms with Crippen molar-refractivity contribution in [1.82, 2.24) is 4.98 Å². The largest absolute Gasteiger partial charge is 0.417 e. The minimum atomic E-state index is -4.83. The standard InChI is InChI=1S/C20H19F3N2O6S/c21-20(22,23)16-10-4-3-9(24-12(7-26)17(29)18(30)13(28)8-27)6-11(10)25-19(31)15(16)14-2-1-5-32-14/h1-7,12-13,17-18,24,27-30H,8H2,(H,25,31)/t12-,13+,17+,18+/m1/s1. The molecule has 0 spiro atoms. The van der Waals surface area contributed by atoms with E-state index in [4.69, 9.17) is 5.11 Å². The highest BCUT2D eigenvalue weighted by molar-refractivity contribution is 7.13. The number of pyridine rings is 1. The van der Waals surface area contributed by atoms with Crippen LogP contribution < -0.4 is 10.9 Å². The predicted molar refractivity (Wildman–Crippen MR) is 111 cm³/mol. The predicted octanol–water partition coefficient (Wildman–Crippen LogP) is 1.33. The van der Waals surface area contributed by atoms with Gasteiger partial charge in [-0.25, -0.2) is 0 Å². The molecule has 0 aliphatic rings. The van der Waals surface area contributed by atoms with Crippen molar-refractivity contribution in [2.75, 3.05) is 11.9 Å².